The maximum absolute atomic E-state index is 11.8. The Labute approximate surface area is 131 Å². The fourth-order valence-electron chi connectivity index (χ4n) is 1.57. The highest BCUT2D eigenvalue weighted by Gasteiger charge is 2.18. The molecule has 0 radical (unpaired) electrons. The molecule has 0 aliphatic carbocycles. The van der Waals surface area contributed by atoms with E-state index in [2.05, 4.69) is 0 Å². The van der Waals surface area contributed by atoms with Gasteiger partial charge in [-0.25, -0.2) is 0 Å². The lowest BCUT2D eigenvalue weighted by atomic mass is 10.2. The molecule has 0 heterocycles. The molecule has 0 bridgehead atoms. The first-order valence-electron chi connectivity index (χ1n) is 7.03. The molecule has 1 rings (SSSR count). The summed E-state index contributed by atoms with van der Waals surface area (Å²) in [5.41, 5.74) is 0.591. The molecule has 1 atom stereocenters. The molecular formula is C15H22O6S. The van der Waals surface area contributed by atoms with Gasteiger partial charge in [0.25, 0.3) is 10.1 Å². The molecule has 6 nitrogen and oxygen atoms in total. The topological polar surface area (TPSA) is 89.9 Å². The molecule has 7 heteroatoms. The number of hydrogen-bond donors (Lipinski definition) is 1. The number of hydrogen-bond acceptors (Lipinski definition) is 6. The van der Waals surface area contributed by atoms with Crippen LogP contribution in [0.15, 0.2) is 30.3 Å². The molecule has 124 valence electrons. The summed E-state index contributed by atoms with van der Waals surface area (Å²) in [6.45, 7) is 3.58. The average Bonchev–Trinajstić information content (AvgIpc) is 2.44. The molecule has 1 unspecified atom stereocenters. The quantitative estimate of drug-likeness (QED) is 0.545. The summed E-state index contributed by atoms with van der Waals surface area (Å²) < 4.78 is 33.1. The predicted octanol–water partition coefficient (Wildman–Crippen LogP) is 1.48. The van der Waals surface area contributed by atoms with E-state index < -0.39 is 28.8 Å². The van der Waals surface area contributed by atoms with Crippen LogP contribution in [0.5, 0.6) is 0 Å². The van der Waals surface area contributed by atoms with Crippen molar-refractivity contribution in [1.29, 1.82) is 0 Å². The molecule has 22 heavy (non-hydrogen) atoms. The number of rotatable bonds is 9. The second-order valence-corrected chi connectivity index (χ2v) is 7.05. The number of aliphatic hydroxyl groups is 1. The van der Waals surface area contributed by atoms with Gasteiger partial charge in [0.1, 0.15) is 5.75 Å². The molecule has 1 aromatic carbocycles. The van der Waals surface area contributed by atoms with Gasteiger partial charge < -0.3 is 9.84 Å². The van der Waals surface area contributed by atoms with Crippen molar-refractivity contribution in [3.05, 3.63) is 35.9 Å². The van der Waals surface area contributed by atoms with Crippen molar-refractivity contribution in [1.82, 2.24) is 0 Å². The number of esters is 1. The van der Waals surface area contributed by atoms with Crippen molar-refractivity contribution >= 4 is 16.1 Å². The van der Waals surface area contributed by atoms with E-state index in [4.69, 9.17) is 8.92 Å². The highest BCUT2D eigenvalue weighted by Crippen LogP contribution is 2.08. The van der Waals surface area contributed by atoms with Crippen LogP contribution < -0.4 is 0 Å². The van der Waals surface area contributed by atoms with Gasteiger partial charge in [-0.1, -0.05) is 44.2 Å². The standard InChI is InChI=1S/C15H22O6S/c1-12(2)9-20-15(17)8-14(16)10-21-22(18,19)11-13-6-4-3-5-7-13/h3-7,12,14,16H,8-11H2,1-2H3. The van der Waals surface area contributed by atoms with E-state index in [0.717, 1.165) is 0 Å². The zero-order valence-electron chi connectivity index (χ0n) is 12.8. The minimum atomic E-state index is -3.80. The summed E-state index contributed by atoms with van der Waals surface area (Å²) >= 11 is 0. The molecule has 0 spiro atoms. The van der Waals surface area contributed by atoms with E-state index in [1.807, 2.05) is 13.8 Å². The molecule has 0 saturated carbocycles. The van der Waals surface area contributed by atoms with Crippen LogP contribution in [0.4, 0.5) is 0 Å². The summed E-state index contributed by atoms with van der Waals surface area (Å²) in [5, 5.41) is 9.62. The zero-order valence-corrected chi connectivity index (χ0v) is 13.6. The largest absolute Gasteiger partial charge is 0.465 e. The smallest absolute Gasteiger partial charge is 0.308 e. The van der Waals surface area contributed by atoms with Crippen LogP contribution in [0.25, 0.3) is 0 Å². The highest BCUT2D eigenvalue weighted by atomic mass is 32.2. The van der Waals surface area contributed by atoms with Gasteiger partial charge in [-0.05, 0) is 11.5 Å². The van der Waals surface area contributed by atoms with Crippen LogP contribution >= 0.6 is 0 Å². The molecule has 1 N–H and O–H groups in total. The van der Waals surface area contributed by atoms with Crippen molar-refractivity contribution < 1.29 is 27.2 Å². The number of aliphatic hydroxyl groups excluding tert-OH is 1. The lowest BCUT2D eigenvalue weighted by molar-refractivity contribution is -0.147. The van der Waals surface area contributed by atoms with Crippen molar-refractivity contribution in [3.63, 3.8) is 0 Å². The Morgan fingerprint density at radius 1 is 1.18 bits per heavy atom. The summed E-state index contributed by atoms with van der Waals surface area (Å²) in [4.78, 5) is 11.4. The lowest BCUT2D eigenvalue weighted by Crippen LogP contribution is -2.24. The molecule has 0 amide bonds. The molecule has 0 aliphatic rings. The van der Waals surface area contributed by atoms with E-state index in [1.54, 1.807) is 30.3 Å². The fraction of sp³-hybridized carbons (Fsp3) is 0.533. The normalized spacial score (nSPS) is 13.1. The molecular weight excluding hydrogens is 308 g/mol. The van der Waals surface area contributed by atoms with Gasteiger partial charge in [0.05, 0.1) is 25.7 Å². The Balaban J connectivity index is 2.36. The maximum atomic E-state index is 11.8. The van der Waals surface area contributed by atoms with E-state index in [9.17, 15) is 18.3 Å². The second-order valence-electron chi connectivity index (χ2n) is 5.41. The van der Waals surface area contributed by atoms with Crippen molar-refractivity contribution in [2.75, 3.05) is 13.2 Å². The first kappa shape index (κ1) is 18.6. The van der Waals surface area contributed by atoms with Gasteiger partial charge in [0.15, 0.2) is 0 Å². The summed E-state index contributed by atoms with van der Waals surface area (Å²) in [6, 6.07) is 8.57. The fourth-order valence-corrected chi connectivity index (χ4v) is 2.62. The van der Waals surface area contributed by atoms with Crippen LogP contribution in [-0.4, -0.2) is 38.8 Å². The molecule has 0 saturated heterocycles. The Hall–Kier alpha value is -1.44. The summed E-state index contributed by atoms with van der Waals surface area (Å²) in [5.74, 6) is -0.660. The third-order valence-electron chi connectivity index (χ3n) is 2.61. The average molecular weight is 330 g/mol. The molecule has 0 fully saturated rings. The minimum absolute atomic E-state index is 0.198. The Morgan fingerprint density at radius 3 is 2.41 bits per heavy atom. The second kappa shape index (κ2) is 8.87. The van der Waals surface area contributed by atoms with Crippen LogP contribution in [0.1, 0.15) is 25.8 Å². The van der Waals surface area contributed by atoms with Gasteiger partial charge in [0.2, 0.25) is 0 Å². The Kier molecular flexibility index (Phi) is 7.50. The van der Waals surface area contributed by atoms with Crippen molar-refractivity contribution in [3.8, 4) is 0 Å². The molecule has 0 aliphatic heterocycles. The van der Waals surface area contributed by atoms with Crippen molar-refractivity contribution in [2.24, 2.45) is 5.92 Å². The number of ether oxygens (including phenoxy) is 1. The van der Waals surface area contributed by atoms with E-state index in [1.165, 1.54) is 0 Å². The van der Waals surface area contributed by atoms with Crippen LogP contribution in [-0.2, 0) is 29.6 Å². The summed E-state index contributed by atoms with van der Waals surface area (Å²) in [6.07, 6.45) is -1.52. The van der Waals surface area contributed by atoms with Crippen LogP contribution in [0.3, 0.4) is 0 Å². The van der Waals surface area contributed by atoms with Crippen molar-refractivity contribution in [2.45, 2.75) is 32.1 Å². The van der Waals surface area contributed by atoms with Gasteiger partial charge in [-0.3, -0.25) is 8.98 Å². The monoisotopic (exact) mass is 330 g/mol. The highest BCUT2D eigenvalue weighted by molar-refractivity contribution is 7.85. The summed E-state index contributed by atoms with van der Waals surface area (Å²) in [7, 11) is -3.80. The SMILES string of the molecule is CC(C)COC(=O)CC(O)COS(=O)(=O)Cc1ccccc1. The minimum Gasteiger partial charge on any atom is -0.465 e. The number of benzene rings is 1. The maximum Gasteiger partial charge on any atom is 0.308 e. The molecule has 0 aromatic heterocycles. The Bertz CT molecular complexity index is 553. The third-order valence-corrected chi connectivity index (χ3v) is 3.79. The van der Waals surface area contributed by atoms with Gasteiger partial charge in [-0.15, -0.1) is 0 Å². The number of carbonyl (C=O) groups is 1. The van der Waals surface area contributed by atoms with Gasteiger partial charge in [0, 0.05) is 0 Å². The molecule has 1 aromatic rings. The van der Waals surface area contributed by atoms with E-state index in [-0.39, 0.29) is 24.7 Å². The number of carbonyl (C=O) groups excluding carboxylic acids is 1. The lowest BCUT2D eigenvalue weighted by Gasteiger charge is -2.12. The third kappa shape index (κ3) is 8.11. The van der Waals surface area contributed by atoms with Gasteiger partial charge in [-0.2, -0.15) is 8.42 Å². The first-order chi connectivity index (χ1) is 10.3. The van der Waals surface area contributed by atoms with Crippen LogP contribution in [0.2, 0.25) is 0 Å². The van der Waals surface area contributed by atoms with Gasteiger partial charge >= 0.3 is 5.97 Å². The zero-order chi connectivity index (χ0) is 16.6. The van der Waals surface area contributed by atoms with E-state index in [0.29, 0.717) is 5.56 Å². The first-order valence-corrected chi connectivity index (χ1v) is 8.61. The Morgan fingerprint density at radius 2 is 1.82 bits per heavy atom. The van der Waals surface area contributed by atoms with Crippen LogP contribution in [0, 0.1) is 5.92 Å². The predicted molar refractivity (Wildman–Crippen MR) is 81.4 cm³/mol. The van der Waals surface area contributed by atoms with E-state index >= 15 is 0 Å².